The molecule has 0 fully saturated rings. The highest BCUT2D eigenvalue weighted by atomic mass is 32.1. The summed E-state index contributed by atoms with van der Waals surface area (Å²) in [5, 5.41) is 14.7. The largest absolute Gasteiger partial charge is 0.504 e. The zero-order valence-electron chi connectivity index (χ0n) is 13.2. The van der Waals surface area contributed by atoms with Crippen molar-refractivity contribution in [3.05, 3.63) is 64.6 Å². The van der Waals surface area contributed by atoms with Gasteiger partial charge in [0.2, 0.25) is 0 Å². The number of rotatable bonds is 3. The van der Waals surface area contributed by atoms with E-state index in [4.69, 9.17) is 4.74 Å². The number of aromatic hydroxyl groups is 1. The van der Waals surface area contributed by atoms with Crippen molar-refractivity contribution in [2.75, 3.05) is 13.2 Å². The Morgan fingerprint density at radius 3 is 3.00 bits per heavy atom. The van der Waals surface area contributed by atoms with Crippen LogP contribution in [0.5, 0.6) is 11.5 Å². The van der Waals surface area contributed by atoms with E-state index in [-0.39, 0.29) is 5.75 Å². The number of hydrogen-bond acceptors (Lipinski definition) is 5. The van der Waals surface area contributed by atoms with Crippen molar-refractivity contribution >= 4 is 11.3 Å². The van der Waals surface area contributed by atoms with Gasteiger partial charge in [-0.3, -0.25) is 9.88 Å². The molecule has 0 atom stereocenters. The molecular weight excluding hydrogens is 320 g/mol. The van der Waals surface area contributed by atoms with E-state index in [0.717, 1.165) is 36.3 Å². The van der Waals surface area contributed by atoms with Gasteiger partial charge in [0.15, 0.2) is 11.5 Å². The summed E-state index contributed by atoms with van der Waals surface area (Å²) in [6.45, 7) is 3.07. The summed E-state index contributed by atoms with van der Waals surface area (Å²) in [7, 11) is 0. The van der Waals surface area contributed by atoms with Gasteiger partial charge in [-0.2, -0.15) is 11.3 Å². The molecule has 1 aromatic carbocycles. The summed E-state index contributed by atoms with van der Waals surface area (Å²) in [4.78, 5) is 6.51. The third-order valence-electron chi connectivity index (χ3n) is 4.18. The van der Waals surface area contributed by atoms with Crippen LogP contribution >= 0.6 is 11.3 Å². The number of phenols is 1. The molecule has 4 rings (SSSR count). The van der Waals surface area contributed by atoms with Gasteiger partial charge in [0.05, 0.1) is 0 Å². The smallest absolute Gasteiger partial charge is 0.165 e. The standard InChI is InChI=1S/C19H18N2O2S/c22-18-9-16(15-2-1-4-20-10-15)8-17-12-21(5-6-23-19(17)18)11-14-3-7-24-13-14/h1-4,7-10,13,22H,5-6,11-12H2. The van der Waals surface area contributed by atoms with E-state index >= 15 is 0 Å². The van der Waals surface area contributed by atoms with Crippen LogP contribution in [-0.2, 0) is 13.1 Å². The zero-order chi connectivity index (χ0) is 16.4. The maximum atomic E-state index is 10.4. The van der Waals surface area contributed by atoms with Crippen molar-refractivity contribution in [3.63, 3.8) is 0 Å². The Kier molecular flexibility index (Phi) is 4.19. The maximum absolute atomic E-state index is 10.4. The average Bonchev–Trinajstić information content (AvgIpc) is 3.01. The third kappa shape index (κ3) is 3.13. The van der Waals surface area contributed by atoms with Gasteiger partial charge in [-0.15, -0.1) is 0 Å². The van der Waals surface area contributed by atoms with Crippen LogP contribution in [-0.4, -0.2) is 28.1 Å². The average molecular weight is 338 g/mol. The molecule has 24 heavy (non-hydrogen) atoms. The van der Waals surface area contributed by atoms with Crippen LogP contribution in [0.2, 0.25) is 0 Å². The Morgan fingerprint density at radius 1 is 1.25 bits per heavy atom. The zero-order valence-corrected chi connectivity index (χ0v) is 14.0. The number of pyridine rings is 1. The highest BCUT2D eigenvalue weighted by Crippen LogP contribution is 2.37. The second-order valence-electron chi connectivity index (χ2n) is 5.92. The number of thiophene rings is 1. The van der Waals surface area contributed by atoms with Crippen LogP contribution in [0.3, 0.4) is 0 Å². The molecule has 122 valence electrons. The summed E-state index contributed by atoms with van der Waals surface area (Å²) in [5.41, 5.74) is 4.28. The van der Waals surface area contributed by atoms with E-state index in [9.17, 15) is 5.11 Å². The summed E-state index contributed by atoms with van der Waals surface area (Å²) >= 11 is 1.72. The molecule has 2 aromatic heterocycles. The minimum Gasteiger partial charge on any atom is -0.504 e. The number of hydrogen-bond donors (Lipinski definition) is 1. The number of aromatic nitrogens is 1. The lowest BCUT2D eigenvalue weighted by Crippen LogP contribution is -2.24. The molecule has 0 saturated carbocycles. The van der Waals surface area contributed by atoms with Crippen LogP contribution in [0.4, 0.5) is 0 Å². The maximum Gasteiger partial charge on any atom is 0.165 e. The van der Waals surface area contributed by atoms with Crippen LogP contribution in [0.15, 0.2) is 53.5 Å². The Labute approximate surface area is 145 Å². The predicted octanol–water partition coefficient (Wildman–Crippen LogP) is 3.91. The number of phenolic OH excluding ortho intramolecular Hbond substituents is 1. The minimum absolute atomic E-state index is 0.198. The fraction of sp³-hybridized carbons (Fsp3) is 0.211. The van der Waals surface area contributed by atoms with Crippen LogP contribution in [0, 0.1) is 0 Å². The van der Waals surface area contributed by atoms with Crippen molar-refractivity contribution in [3.8, 4) is 22.6 Å². The van der Waals surface area contributed by atoms with Crippen LogP contribution in [0.25, 0.3) is 11.1 Å². The van der Waals surface area contributed by atoms with Gasteiger partial charge in [0.25, 0.3) is 0 Å². The summed E-state index contributed by atoms with van der Waals surface area (Å²) in [6, 6.07) is 9.90. The van der Waals surface area contributed by atoms with Gasteiger partial charge in [-0.25, -0.2) is 0 Å². The monoisotopic (exact) mass is 338 g/mol. The Balaban J connectivity index is 1.66. The topological polar surface area (TPSA) is 45.6 Å². The Morgan fingerprint density at radius 2 is 2.21 bits per heavy atom. The quantitative estimate of drug-likeness (QED) is 0.786. The molecule has 4 nitrogen and oxygen atoms in total. The molecule has 3 heterocycles. The first-order chi connectivity index (χ1) is 11.8. The second kappa shape index (κ2) is 6.63. The first kappa shape index (κ1) is 15.2. The Hall–Kier alpha value is -2.37. The number of fused-ring (bicyclic) bond motifs is 1. The predicted molar refractivity (Wildman–Crippen MR) is 95.3 cm³/mol. The highest BCUT2D eigenvalue weighted by Gasteiger charge is 2.20. The summed E-state index contributed by atoms with van der Waals surface area (Å²) < 4.78 is 5.81. The lowest BCUT2D eigenvalue weighted by molar-refractivity contribution is 0.217. The molecule has 0 spiro atoms. The molecule has 1 N–H and O–H groups in total. The second-order valence-corrected chi connectivity index (χ2v) is 6.70. The molecule has 0 radical (unpaired) electrons. The van der Waals surface area contributed by atoms with Crippen molar-refractivity contribution < 1.29 is 9.84 Å². The summed E-state index contributed by atoms with van der Waals surface area (Å²) in [5.74, 6) is 0.805. The molecule has 3 aromatic rings. The van der Waals surface area contributed by atoms with Crippen molar-refractivity contribution in [1.29, 1.82) is 0 Å². The molecule has 0 saturated heterocycles. The molecule has 0 unspecified atom stereocenters. The Bertz CT molecular complexity index is 819. The van der Waals surface area contributed by atoms with Gasteiger partial charge in [-0.1, -0.05) is 6.07 Å². The van der Waals surface area contributed by atoms with Gasteiger partial charge >= 0.3 is 0 Å². The molecule has 0 bridgehead atoms. The van der Waals surface area contributed by atoms with E-state index in [2.05, 4.69) is 32.8 Å². The SMILES string of the molecule is Oc1cc(-c2cccnc2)cc2c1OCCN(Cc1ccsc1)C2. The first-order valence-corrected chi connectivity index (χ1v) is 8.86. The fourth-order valence-corrected chi connectivity index (χ4v) is 3.69. The lowest BCUT2D eigenvalue weighted by atomic mass is 10.0. The summed E-state index contributed by atoms with van der Waals surface area (Å²) in [6.07, 6.45) is 3.56. The van der Waals surface area contributed by atoms with Crippen LogP contribution < -0.4 is 4.74 Å². The number of nitrogens with zero attached hydrogens (tertiary/aromatic N) is 2. The molecule has 1 aliphatic heterocycles. The molecule has 5 heteroatoms. The third-order valence-corrected chi connectivity index (χ3v) is 4.91. The van der Waals surface area contributed by atoms with Gasteiger partial charge in [0, 0.05) is 43.2 Å². The van der Waals surface area contributed by atoms with Crippen molar-refractivity contribution in [2.45, 2.75) is 13.1 Å². The van der Waals surface area contributed by atoms with Gasteiger partial charge in [0.1, 0.15) is 6.61 Å². The molecule has 0 amide bonds. The van der Waals surface area contributed by atoms with E-state index in [1.165, 1.54) is 5.56 Å². The van der Waals surface area contributed by atoms with Crippen LogP contribution in [0.1, 0.15) is 11.1 Å². The van der Waals surface area contributed by atoms with E-state index in [1.54, 1.807) is 23.6 Å². The van der Waals surface area contributed by atoms with Gasteiger partial charge < -0.3 is 9.84 Å². The van der Waals surface area contributed by atoms with E-state index in [1.807, 2.05) is 18.3 Å². The molecule has 0 aliphatic carbocycles. The minimum atomic E-state index is 0.198. The number of benzene rings is 1. The molecule has 1 aliphatic rings. The highest BCUT2D eigenvalue weighted by molar-refractivity contribution is 7.07. The normalized spacial score (nSPS) is 14.7. The molecular formula is C19H18N2O2S. The fourth-order valence-electron chi connectivity index (χ4n) is 3.03. The van der Waals surface area contributed by atoms with Crippen molar-refractivity contribution in [2.24, 2.45) is 0 Å². The van der Waals surface area contributed by atoms with Gasteiger partial charge in [-0.05, 0) is 46.2 Å². The number of ether oxygens (including phenoxy) is 1. The van der Waals surface area contributed by atoms with E-state index < -0.39 is 0 Å². The van der Waals surface area contributed by atoms with E-state index in [0.29, 0.717) is 12.4 Å². The first-order valence-electron chi connectivity index (χ1n) is 7.92. The lowest BCUT2D eigenvalue weighted by Gasteiger charge is -2.19. The van der Waals surface area contributed by atoms with Crippen molar-refractivity contribution in [1.82, 2.24) is 9.88 Å².